The van der Waals surface area contributed by atoms with Crippen molar-refractivity contribution in [2.75, 3.05) is 11.1 Å². The minimum absolute atomic E-state index is 0.311. The summed E-state index contributed by atoms with van der Waals surface area (Å²) in [5.74, 6) is -0.311. The largest absolute Gasteiger partial charge is 0.398 e. The highest BCUT2D eigenvalue weighted by Gasteiger charge is 2.08. The molecule has 0 saturated carbocycles. The second-order valence-corrected chi connectivity index (χ2v) is 5.74. The van der Waals surface area contributed by atoms with Crippen LogP contribution in [0.2, 0.25) is 0 Å². The first-order valence-corrected chi connectivity index (χ1v) is 7.21. The summed E-state index contributed by atoms with van der Waals surface area (Å²) in [5, 5.41) is 4.89. The van der Waals surface area contributed by atoms with E-state index in [1.54, 1.807) is 24.4 Å². The molecular weight excluding hydrogens is 333 g/mol. The van der Waals surface area contributed by atoms with E-state index >= 15 is 0 Å². The number of rotatable bonds is 2. The van der Waals surface area contributed by atoms with E-state index in [2.05, 4.69) is 26.2 Å². The lowest BCUT2D eigenvalue weighted by molar-refractivity contribution is 0.631. The molecule has 0 amide bonds. The normalized spacial score (nSPS) is 10.8. The molecule has 1 aromatic heterocycles. The van der Waals surface area contributed by atoms with E-state index in [0.717, 1.165) is 26.6 Å². The zero-order valence-electron chi connectivity index (χ0n) is 11.3. The van der Waals surface area contributed by atoms with E-state index in [-0.39, 0.29) is 5.82 Å². The van der Waals surface area contributed by atoms with Crippen molar-refractivity contribution in [3.05, 3.63) is 58.6 Å². The Labute approximate surface area is 130 Å². The zero-order valence-corrected chi connectivity index (χ0v) is 12.9. The van der Waals surface area contributed by atoms with Crippen LogP contribution in [-0.4, -0.2) is 4.98 Å². The first-order chi connectivity index (χ1) is 10.0. The molecular formula is C16H13BrFN3. The van der Waals surface area contributed by atoms with Gasteiger partial charge in [0.2, 0.25) is 0 Å². The SMILES string of the molecule is Cc1cc2c(Nc3cc(Br)ccc3F)ccc(N)c2cn1. The minimum Gasteiger partial charge on any atom is -0.398 e. The predicted molar refractivity (Wildman–Crippen MR) is 88.3 cm³/mol. The molecule has 2 aromatic carbocycles. The molecule has 3 nitrogen and oxygen atoms in total. The van der Waals surface area contributed by atoms with E-state index in [1.165, 1.54) is 6.07 Å². The fourth-order valence-electron chi connectivity index (χ4n) is 2.21. The quantitative estimate of drug-likeness (QED) is 0.657. The maximum atomic E-state index is 13.9. The molecule has 0 fully saturated rings. The van der Waals surface area contributed by atoms with Gasteiger partial charge in [-0.3, -0.25) is 4.98 Å². The standard InChI is InChI=1S/C16H13BrFN3/c1-9-6-11-12(8-20-9)14(19)4-5-15(11)21-16-7-10(17)2-3-13(16)18/h2-8,21H,19H2,1H3. The number of nitrogens with two attached hydrogens (primary N) is 1. The highest BCUT2D eigenvalue weighted by atomic mass is 79.9. The Bertz CT molecular complexity index is 833. The number of nitrogens with one attached hydrogen (secondary N) is 1. The van der Waals surface area contributed by atoms with Crippen LogP contribution in [0.5, 0.6) is 0 Å². The Morgan fingerprint density at radius 2 is 1.90 bits per heavy atom. The molecule has 1 heterocycles. The van der Waals surface area contributed by atoms with Gasteiger partial charge in [-0.2, -0.15) is 0 Å². The summed E-state index contributed by atoms with van der Waals surface area (Å²) >= 11 is 3.35. The summed E-state index contributed by atoms with van der Waals surface area (Å²) < 4.78 is 14.7. The molecule has 5 heteroatoms. The Morgan fingerprint density at radius 1 is 1.10 bits per heavy atom. The van der Waals surface area contributed by atoms with Crippen LogP contribution in [0.1, 0.15) is 5.69 Å². The lowest BCUT2D eigenvalue weighted by Gasteiger charge is -2.12. The molecule has 0 aliphatic carbocycles. The summed E-state index contributed by atoms with van der Waals surface area (Å²) in [6, 6.07) is 10.3. The monoisotopic (exact) mass is 345 g/mol. The number of halogens is 2. The fourth-order valence-corrected chi connectivity index (χ4v) is 2.57. The molecule has 0 radical (unpaired) electrons. The lowest BCUT2D eigenvalue weighted by Crippen LogP contribution is -1.97. The fraction of sp³-hybridized carbons (Fsp3) is 0.0625. The molecule has 3 N–H and O–H groups in total. The summed E-state index contributed by atoms with van der Waals surface area (Å²) in [6.45, 7) is 1.91. The number of nitrogens with zero attached hydrogens (tertiary/aromatic N) is 1. The molecule has 0 aliphatic rings. The van der Waals surface area contributed by atoms with Crippen LogP contribution < -0.4 is 11.1 Å². The van der Waals surface area contributed by atoms with Crippen molar-refractivity contribution in [1.82, 2.24) is 4.98 Å². The van der Waals surface area contributed by atoms with Gasteiger partial charge < -0.3 is 11.1 Å². The Balaban J connectivity index is 2.14. The van der Waals surface area contributed by atoms with Gasteiger partial charge in [0.15, 0.2) is 0 Å². The Hall–Kier alpha value is -2.14. The molecule has 3 rings (SSSR count). The zero-order chi connectivity index (χ0) is 15.0. The van der Waals surface area contributed by atoms with Crippen LogP contribution in [0.25, 0.3) is 10.8 Å². The van der Waals surface area contributed by atoms with E-state index in [4.69, 9.17) is 5.73 Å². The van der Waals surface area contributed by atoms with Gasteiger partial charge >= 0.3 is 0 Å². The van der Waals surface area contributed by atoms with Crippen LogP contribution in [0.3, 0.4) is 0 Å². The molecule has 21 heavy (non-hydrogen) atoms. The minimum atomic E-state index is -0.311. The van der Waals surface area contributed by atoms with Gasteiger partial charge in [0, 0.05) is 38.5 Å². The third-order valence-electron chi connectivity index (χ3n) is 3.27. The number of nitrogen functional groups attached to an aromatic ring is 1. The van der Waals surface area contributed by atoms with Crippen molar-refractivity contribution in [2.45, 2.75) is 6.92 Å². The number of aromatic nitrogens is 1. The highest BCUT2D eigenvalue weighted by molar-refractivity contribution is 9.10. The molecule has 0 bridgehead atoms. The lowest BCUT2D eigenvalue weighted by atomic mass is 10.1. The average molecular weight is 346 g/mol. The predicted octanol–water partition coefficient (Wildman–Crippen LogP) is 4.77. The number of benzene rings is 2. The number of pyridine rings is 1. The molecule has 0 spiro atoms. The van der Waals surface area contributed by atoms with Crippen LogP contribution in [0.15, 0.2) is 47.1 Å². The summed E-state index contributed by atoms with van der Waals surface area (Å²) in [5.41, 5.74) is 8.70. The van der Waals surface area contributed by atoms with Gasteiger partial charge in [0.25, 0.3) is 0 Å². The van der Waals surface area contributed by atoms with Crippen LogP contribution in [0, 0.1) is 12.7 Å². The van der Waals surface area contributed by atoms with Gasteiger partial charge in [-0.15, -0.1) is 0 Å². The van der Waals surface area contributed by atoms with E-state index in [0.29, 0.717) is 11.4 Å². The van der Waals surface area contributed by atoms with Crippen molar-refractivity contribution in [3.63, 3.8) is 0 Å². The Morgan fingerprint density at radius 3 is 2.71 bits per heavy atom. The third kappa shape index (κ3) is 2.69. The topological polar surface area (TPSA) is 50.9 Å². The summed E-state index contributed by atoms with van der Waals surface area (Å²) in [6.07, 6.45) is 1.74. The van der Waals surface area contributed by atoms with Gasteiger partial charge in [-0.25, -0.2) is 4.39 Å². The summed E-state index contributed by atoms with van der Waals surface area (Å²) in [4.78, 5) is 4.26. The van der Waals surface area contributed by atoms with Crippen molar-refractivity contribution in [3.8, 4) is 0 Å². The number of fused-ring (bicyclic) bond motifs is 1. The van der Waals surface area contributed by atoms with Crippen LogP contribution in [-0.2, 0) is 0 Å². The number of aryl methyl sites for hydroxylation is 1. The molecule has 0 atom stereocenters. The molecule has 0 aliphatic heterocycles. The van der Waals surface area contributed by atoms with Crippen molar-refractivity contribution in [2.24, 2.45) is 0 Å². The van der Waals surface area contributed by atoms with E-state index in [1.807, 2.05) is 19.1 Å². The van der Waals surface area contributed by atoms with Gasteiger partial charge in [-0.1, -0.05) is 15.9 Å². The first kappa shape index (κ1) is 13.8. The third-order valence-corrected chi connectivity index (χ3v) is 3.76. The van der Waals surface area contributed by atoms with E-state index < -0.39 is 0 Å². The van der Waals surface area contributed by atoms with E-state index in [9.17, 15) is 4.39 Å². The molecule has 106 valence electrons. The van der Waals surface area contributed by atoms with Crippen LogP contribution >= 0.6 is 15.9 Å². The smallest absolute Gasteiger partial charge is 0.146 e. The van der Waals surface area contributed by atoms with Gasteiger partial charge in [0.1, 0.15) is 5.82 Å². The van der Waals surface area contributed by atoms with Crippen molar-refractivity contribution < 1.29 is 4.39 Å². The number of hydrogen-bond donors (Lipinski definition) is 2. The maximum Gasteiger partial charge on any atom is 0.146 e. The first-order valence-electron chi connectivity index (χ1n) is 6.41. The van der Waals surface area contributed by atoms with Gasteiger partial charge in [-0.05, 0) is 43.3 Å². The Kier molecular flexibility index (Phi) is 3.51. The second kappa shape index (κ2) is 5.33. The average Bonchev–Trinajstić information content (AvgIpc) is 2.46. The van der Waals surface area contributed by atoms with Gasteiger partial charge in [0.05, 0.1) is 5.69 Å². The number of hydrogen-bond acceptors (Lipinski definition) is 3. The van der Waals surface area contributed by atoms with Crippen molar-refractivity contribution >= 4 is 43.8 Å². The number of anilines is 3. The molecule has 0 unspecified atom stereocenters. The highest BCUT2D eigenvalue weighted by Crippen LogP contribution is 2.32. The van der Waals surface area contributed by atoms with Crippen LogP contribution in [0.4, 0.5) is 21.5 Å². The van der Waals surface area contributed by atoms with Crippen molar-refractivity contribution in [1.29, 1.82) is 0 Å². The molecule has 3 aromatic rings. The molecule has 0 saturated heterocycles. The summed E-state index contributed by atoms with van der Waals surface area (Å²) in [7, 11) is 0. The second-order valence-electron chi connectivity index (χ2n) is 4.82. The maximum absolute atomic E-state index is 13.9.